The van der Waals surface area contributed by atoms with Crippen LogP contribution in [0.15, 0.2) is 30.6 Å². The van der Waals surface area contributed by atoms with Crippen LogP contribution in [0.4, 0.5) is 49.7 Å². The largest absolute Gasteiger partial charge is 0.418 e. The minimum absolute atomic E-state index is 0.324. The molecule has 2 amide bonds. The number of rotatable bonds is 5. The molecule has 3 atom stereocenters. The summed E-state index contributed by atoms with van der Waals surface area (Å²) in [5, 5.41) is 15.2. The fourth-order valence-corrected chi connectivity index (χ4v) is 4.48. The molecule has 1 aliphatic heterocycles. The van der Waals surface area contributed by atoms with Crippen LogP contribution in [0.1, 0.15) is 34.8 Å². The van der Waals surface area contributed by atoms with Gasteiger partial charge in [0.2, 0.25) is 5.91 Å². The Morgan fingerprint density at radius 3 is 2.23 bits per heavy atom. The molecule has 0 aliphatic carbocycles. The maximum absolute atomic E-state index is 14.7. The van der Waals surface area contributed by atoms with E-state index >= 15 is 0 Å². The van der Waals surface area contributed by atoms with Crippen LogP contribution in [0.5, 0.6) is 0 Å². The van der Waals surface area contributed by atoms with Crippen LogP contribution in [0.3, 0.4) is 0 Å². The standard InChI is InChI=1S/C24H20F10N6O3/c1-21(43,24(32,33)34)6-17(41)39-7-14(25)15(8-39)38-20(42)11-4-10(2-3-12(11)22(26,27)28)16-5-13(23(29,30)31)18-19(35)36-9-37-40(16)18/h2-5,9,14-15,43H,6-8H2,1H3,(H,38,42)(H2,35,36,37)/t14-,15+,21+/m0/s1. The lowest BCUT2D eigenvalue weighted by atomic mass is 10.00. The molecule has 1 saturated heterocycles. The molecule has 0 spiro atoms. The second kappa shape index (κ2) is 10.5. The van der Waals surface area contributed by atoms with Crippen LogP contribution in [0.2, 0.25) is 0 Å². The third-order valence-electron chi connectivity index (χ3n) is 6.78. The maximum atomic E-state index is 14.7. The van der Waals surface area contributed by atoms with Crippen molar-refractivity contribution in [1.29, 1.82) is 0 Å². The van der Waals surface area contributed by atoms with Crippen molar-refractivity contribution in [3.63, 3.8) is 0 Å². The lowest BCUT2D eigenvalue weighted by Crippen LogP contribution is -2.47. The second-order valence-corrected chi connectivity index (χ2v) is 9.95. The number of halogens is 10. The Bertz CT molecular complexity index is 1560. The van der Waals surface area contributed by atoms with Gasteiger partial charge in [-0.2, -0.15) is 44.6 Å². The normalized spacial score (nSPS) is 19.5. The predicted molar refractivity (Wildman–Crippen MR) is 127 cm³/mol. The molecule has 2 aromatic heterocycles. The molecule has 1 aliphatic rings. The number of carbonyl (C=O) groups excluding carboxylic acids is 2. The van der Waals surface area contributed by atoms with E-state index in [-0.39, 0.29) is 5.56 Å². The van der Waals surface area contributed by atoms with Crippen molar-refractivity contribution in [2.24, 2.45) is 0 Å². The molecular weight excluding hydrogens is 610 g/mol. The van der Waals surface area contributed by atoms with E-state index in [0.29, 0.717) is 34.5 Å². The van der Waals surface area contributed by atoms with Crippen molar-refractivity contribution in [3.8, 4) is 11.3 Å². The summed E-state index contributed by atoms with van der Waals surface area (Å²) in [5.41, 5.74) is -3.33. The van der Waals surface area contributed by atoms with Gasteiger partial charge in [-0.3, -0.25) is 9.59 Å². The third kappa shape index (κ3) is 6.16. The number of nitrogens with two attached hydrogens (primary N) is 1. The van der Waals surface area contributed by atoms with Crippen LogP contribution in [-0.4, -0.2) is 73.5 Å². The first kappa shape index (κ1) is 31.8. The molecule has 0 bridgehead atoms. The number of hydrogen-bond donors (Lipinski definition) is 3. The summed E-state index contributed by atoms with van der Waals surface area (Å²) < 4.78 is 137. The highest BCUT2D eigenvalue weighted by Crippen LogP contribution is 2.40. The fraction of sp³-hybridized carbons (Fsp3) is 0.417. The number of nitrogens with one attached hydrogen (secondary N) is 1. The van der Waals surface area contributed by atoms with E-state index in [4.69, 9.17) is 5.73 Å². The highest BCUT2D eigenvalue weighted by atomic mass is 19.4. The molecular formula is C24H20F10N6O3. The van der Waals surface area contributed by atoms with Crippen LogP contribution in [-0.2, 0) is 17.1 Å². The monoisotopic (exact) mass is 630 g/mol. The Kier molecular flexibility index (Phi) is 7.78. The van der Waals surface area contributed by atoms with Gasteiger partial charge in [0.1, 0.15) is 18.0 Å². The lowest BCUT2D eigenvalue weighted by molar-refractivity contribution is -0.254. The molecule has 0 saturated carbocycles. The summed E-state index contributed by atoms with van der Waals surface area (Å²) in [6, 6.07) is 0.663. The third-order valence-corrected chi connectivity index (χ3v) is 6.78. The zero-order valence-corrected chi connectivity index (χ0v) is 21.6. The SMILES string of the molecule is C[C@@](O)(CC(=O)N1C[C@H](F)[C@H](NC(=O)c2cc(-c3cc(C(F)(F)F)c4c(N)ncnn34)ccc2C(F)(F)F)C1)C(F)(F)F. The van der Waals surface area contributed by atoms with Gasteiger partial charge in [-0.05, 0) is 25.1 Å². The average Bonchev–Trinajstić information content (AvgIpc) is 3.44. The Labute approximate surface area is 234 Å². The van der Waals surface area contributed by atoms with Gasteiger partial charge >= 0.3 is 18.5 Å². The van der Waals surface area contributed by atoms with Gasteiger partial charge in [0.05, 0.1) is 41.4 Å². The molecule has 0 radical (unpaired) electrons. The summed E-state index contributed by atoms with van der Waals surface area (Å²) >= 11 is 0. The van der Waals surface area contributed by atoms with E-state index in [1.54, 1.807) is 0 Å². The Hall–Kier alpha value is -4.16. The minimum atomic E-state index is -5.20. The minimum Gasteiger partial charge on any atom is -0.382 e. The number of amides is 2. The van der Waals surface area contributed by atoms with E-state index in [9.17, 15) is 58.6 Å². The van der Waals surface area contributed by atoms with E-state index in [1.807, 2.05) is 5.32 Å². The Morgan fingerprint density at radius 1 is 1.02 bits per heavy atom. The topological polar surface area (TPSA) is 126 Å². The zero-order chi connectivity index (χ0) is 32.3. The molecule has 1 aromatic carbocycles. The zero-order valence-electron chi connectivity index (χ0n) is 21.6. The molecule has 19 heteroatoms. The quantitative estimate of drug-likeness (QED) is 0.366. The average molecular weight is 630 g/mol. The molecule has 3 aromatic rings. The van der Waals surface area contributed by atoms with Gasteiger partial charge in [-0.15, -0.1) is 0 Å². The Morgan fingerprint density at radius 2 is 1.65 bits per heavy atom. The second-order valence-electron chi connectivity index (χ2n) is 9.95. The first-order chi connectivity index (χ1) is 19.6. The van der Waals surface area contributed by atoms with E-state index in [1.165, 1.54) is 0 Å². The number of aliphatic hydroxyl groups is 1. The number of fused-ring (bicyclic) bond motifs is 1. The van der Waals surface area contributed by atoms with Crippen LogP contribution in [0, 0.1) is 0 Å². The molecule has 1 fully saturated rings. The van der Waals surface area contributed by atoms with Crippen molar-refractivity contribution in [2.45, 2.75) is 49.7 Å². The maximum Gasteiger partial charge on any atom is 0.418 e. The molecule has 43 heavy (non-hydrogen) atoms. The van der Waals surface area contributed by atoms with Gasteiger partial charge in [-0.25, -0.2) is 13.9 Å². The summed E-state index contributed by atoms with van der Waals surface area (Å²) in [6.45, 7) is -1.25. The van der Waals surface area contributed by atoms with Crippen LogP contribution >= 0.6 is 0 Å². The van der Waals surface area contributed by atoms with Gasteiger partial charge in [0.15, 0.2) is 11.4 Å². The first-order valence-corrected chi connectivity index (χ1v) is 12.0. The van der Waals surface area contributed by atoms with Gasteiger partial charge in [0, 0.05) is 12.1 Å². The van der Waals surface area contributed by atoms with Crippen molar-refractivity contribution < 1.29 is 58.6 Å². The van der Waals surface area contributed by atoms with Gasteiger partial charge < -0.3 is 21.1 Å². The molecule has 9 nitrogen and oxygen atoms in total. The number of hydrogen-bond acceptors (Lipinski definition) is 6. The predicted octanol–water partition coefficient (Wildman–Crippen LogP) is 4.00. The van der Waals surface area contributed by atoms with E-state index in [0.717, 1.165) is 12.4 Å². The molecule has 4 rings (SSSR count). The first-order valence-electron chi connectivity index (χ1n) is 12.0. The number of nitrogens with zero attached hydrogens (tertiary/aromatic N) is 4. The van der Waals surface area contributed by atoms with Gasteiger partial charge in [-0.1, -0.05) is 6.07 Å². The van der Waals surface area contributed by atoms with Crippen molar-refractivity contribution >= 4 is 23.1 Å². The highest BCUT2D eigenvalue weighted by molar-refractivity contribution is 5.97. The smallest absolute Gasteiger partial charge is 0.382 e. The number of alkyl halides is 10. The summed E-state index contributed by atoms with van der Waals surface area (Å²) in [4.78, 5) is 29.4. The molecule has 0 unspecified atom stereocenters. The molecule has 4 N–H and O–H groups in total. The fourth-order valence-electron chi connectivity index (χ4n) is 4.48. The summed E-state index contributed by atoms with van der Waals surface area (Å²) in [6.07, 6.45) is -18.1. The van der Waals surface area contributed by atoms with E-state index < -0.39 is 101 Å². The van der Waals surface area contributed by atoms with Gasteiger partial charge in [0.25, 0.3) is 5.91 Å². The number of carbonyl (C=O) groups is 2. The van der Waals surface area contributed by atoms with E-state index in [2.05, 4.69) is 10.1 Å². The summed E-state index contributed by atoms with van der Waals surface area (Å²) in [5.74, 6) is -3.46. The van der Waals surface area contributed by atoms with Crippen molar-refractivity contribution in [2.75, 3.05) is 18.8 Å². The number of aromatic nitrogens is 3. The van der Waals surface area contributed by atoms with Crippen molar-refractivity contribution in [1.82, 2.24) is 24.8 Å². The van der Waals surface area contributed by atoms with Crippen LogP contribution < -0.4 is 11.1 Å². The number of likely N-dealkylation sites (tertiary alicyclic amines) is 1. The summed E-state index contributed by atoms with van der Waals surface area (Å²) in [7, 11) is 0. The van der Waals surface area contributed by atoms with Crippen molar-refractivity contribution in [3.05, 3.63) is 47.3 Å². The molecule has 3 heterocycles. The lowest BCUT2D eigenvalue weighted by Gasteiger charge is -2.27. The molecule has 234 valence electrons. The number of anilines is 1. The highest BCUT2D eigenvalue weighted by Gasteiger charge is 2.52. The number of benzene rings is 1. The Balaban J connectivity index is 1.67. The number of nitrogen functional groups attached to an aromatic ring is 1. The van der Waals surface area contributed by atoms with Crippen LogP contribution in [0.25, 0.3) is 16.8 Å².